The lowest BCUT2D eigenvalue weighted by atomic mass is 10.1. The number of aromatic nitrogens is 1. The van der Waals surface area contributed by atoms with Crippen LogP contribution in [-0.2, 0) is 0 Å². The highest BCUT2D eigenvalue weighted by molar-refractivity contribution is 7.09. The molecule has 0 saturated carbocycles. The van der Waals surface area contributed by atoms with E-state index in [9.17, 15) is 4.79 Å². The van der Waals surface area contributed by atoms with Crippen molar-refractivity contribution in [3.63, 3.8) is 0 Å². The molecule has 2 N–H and O–H groups in total. The van der Waals surface area contributed by atoms with Crippen LogP contribution in [0.4, 0.5) is 0 Å². The van der Waals surface area contributed by atoms with Crippen molar-refractivity contribution in [3.8, 4) is 0 Å². The molecule has 1 atom stereocenters. The maximum atomic E-state index is 12.7. The molecule has 0 aliphatic heterocycles. The van der Waals surface area contributed by atoms with Crippen LogP contribution < -0.4 is 5.73 Å². The van der Waals surface area contributed by atoms with Gasteiger partial charge in [0, 0.05) is 18.0 Å². The Labute approximate surface area is 126 Å². The fourth-order valence-corrected chi connectivity index (χ4v) is 3.01. The molecule has 114 valence electrons. The number of amides is 1. The molecule has 1 aromatic heterocycles. The number of rotatable bonds is 7. The van der Waals surface area contributed by atoms with Gasteiger partial charge in [0.05, 0.1) is 6.04 Å². The second kappa shape index (κ2) is 7.74. The van der Waals surface area contributed by atoms with Gasteiger partial charge in [0.25, 0.3) is 5.91 Å². The average Bonchev–Trinajstić information content (AvgIpc) is 2.87. The van der Waals surface area contributed by atoms with Gasteiger partial charge < -0.3 is 10.6 Å². The molecule has 5 heteroatoms. The Morgan fingerprint density at radius 3 is 2.35 bits per heavy atom. The SMILES string of the molecule is CCC(CC)N(CC(C)C)C(=O)c1csc(C(C)N)n1. The van der Waals surface area contributed by atoms with E-state index in [-0.39, 0.29) is 18.0 Å². The third-order valence-electron chi connectivity index (χ3n) is 3.34. The van der Waals surface area contributed by atoms with E-state index in [0.717, 1.165) is 24.4 Å². The summed E-state index contributed by atoms with van der Waals surface area (Å²) in [7, 11) is 0. The first-order valence-electron chi connectivity index (χ1n) is 7.42. The topological polar surface area (TPSA) is 59.2 Å². The fraction of sp³-hybridized carbons (Fsp3) is 0.733. The van der Waals surface area contributed by atoms with Crippen molar-refractivity contribution in [2.75, 3.05) is 6.54 Å². The van der Waals surface area contributed by atoms with Crippen molar-refractivity contribution in [3.05, 3.63) is 16.1 Å². The lowest BCUT2D eigenvalue weighted by Crippen LogP contribution is -2.42. The van der Waals surface area contributed by atoms with E-state index in [2.05, 4.69) is 32.7 Å². The van der Waals surface area contributed by atoms with Gasteiger partial charge in [-0.1, -0.05) is 27.7 Å². The van der Waals surface area contributed by atoms with Gasteiger partial charge in [0.2, 0.25) is 0 Å². The van der Waals surface area contributed by atoms with E-state index in [1.54, 1.807) is 0 Å². The summed E-state index contributed by atoms with van der Waals surface area (Å²) in [6, 6.07) is 0.165. The third-order valence-corrected chi connectivity index (χ3v) is 4.38. The number of hydrogen-bond acceptors (Lipinski definition) is 4. The molecular weight excluding hydrogens is 270 g/mol. The van der Waals surface area contributed by atoms with Crippen LogP contribution in [0.15, 0.2) is 5.38 Å². The molecule has 1 amide bonds. The quantitative estimate of drug-likeness (QED) is 0.838. The summed E-state index contributed by atoms with van der Waals surface area (Å²) in [4.78, 5) is 19.1. The fourth-order valence-electron chi connectivity index (χ4n) is 2.26. The summed E-state index contributed by atoms with van der Waals surface area (Å²) in [5, 5.41) is 2.65. The number of nitrogens with two attached hydrogens (primary N) is 1. The Hall–Kier alpha value is -0.940. The van der Waals surface area contributed by atoms with Crippen LogP contribution in [0.5, 0.6) is 0 Å². The molecule has 1 unspecified atom stereocenters. The van der Waals surface area contributed by atoms with Gasteiger partial charge in [0.1, 0.15) is 10.7 Å². The molecule has 0 saturated heterocycles. The predicted molar refractivity (Wildman–Crippen MR) is 85.0 cm³/mol. The van der Waals surface area contributed by atoms with E-state index < -0.39 is 0 Å². The van der Waals surface area contributed by atoms with Crippen LogP contribution in [0.3, 0.4) is 0 Å². The van der Waals surface area contributed by atoms with Gasteiger partial charge in [-0.3, -0.25) is 4.79 Å². The van der Waals surface area contributed by atoms with E-state index >= 15 is 0 Å². The Kier molecular flexibility index (Phi) is 6.62. The summed E-state index contributed by atoms with van der Waals surface area (Å²) in [5.41, 5.74) is 6.36. The van der Waals surface area contributed by atoms with Crippen molar-refractivity contribution in [1.82, 2.24) is 9.88 Å². The second-order valence-electron chi connectivity index (χ2n) is 5.68. The smallest absolute Gasteiger partial charge is 0.273 e. The molecule has 0 aliphatic rings. The average molecular weight is 297 g/mol. The molecule has 0 bridgehead atoms. The van der Waals surface area contributed by atoms with Crippen LogP contribution in [-0.4, -0.2) is 28.4 Å². The van der Waals surface area contributed by atoms with Gasteiger partial charge in [-0.25, -0.2) is 4.98 Å². The first-order valence-corrected chi connectivity index (χ1v) is 8.30. The maximum Gasteiger partial charge on any atom is 0.273 e. The van der Waals surface area contributed by atoms with E-state index in [0.29, 0.717) is 11.6 Å². The molecule has 1 rings (SSSR count). The van der Waals surface area contributed by atoms with E-state index in [1.807, 2.05) is 17.2 Å². The molecule has 1 aromatic rings. The minimum atomic E-state index is -0.117. The third kappa shape index (κ3) is 4.28. The minimum absolute atomic E-state index is 0.0375. The van der Waals surface area contributed by atoms with Crippen molar-refractivity contribution in [2.45, 2.75) is 59.5 Å². The van der Waals surface area contributed by atoms with E-state index in [1.165, 1.54) is 11.3 Å². The van der Waals surface area contributed by atoms with Gasteiger partial charge in [0.15, 0.2) is 0 Å². The van der Waals surface area contributed by atoms with Crippen LogP contribution in [0.2, 0.25) is 0 Å². The molecule has 4 nitrogen and oxygen atoms in total. The summed E-state index contributed by atoms with van der Waals surface area (Å²) in [6.07, 6.45) is 1.94. The zero-order chi connectivity index (χ0) is 15.3. The van der Waals surface area contributed by atoms with Crippen molar-refractivity contribution < 1.29 is 4.79 Å². The van der Waals surface area contributed by atoms with Gasteiger partial charge in [-0.05, 0) is 25.7 Å². The molecule has 0 aromatic carbocycles. The summed E-state index contributed by atoms with van der Waals surface area (Å²) in [6.45, 7) is 11.2. The van der Waals surface area contributed by atoms with Crippen LogP contribution >= 0.6 is 11.3 Å². The molecule has 1 heterocycles. The second-order valence-corrected chi connectivity index (χ2v) is 6.57. The van der Waals surface area contributed by atoms with Crippen molar-refractivity contribution in [2.24, 2.45) is 11.7 Å². The minimum Gasteiger partial charge on any atom is -0.334 e. The molecule has 0 spiro atoms. The molecule has 0 radical (unpaired) electrons. The lowest BCUT2D eigenvalue weighted by molar-refractivity contribution is 0.0635. The highest BCUT2D eigenvalue weighted by Gasteiger charge is 2.25. The Morgan fingerprint density at radius 2 is 1.95 bits per heavy atom. The van der Waals surface area contributed by atoms with Crippen LogP contribution in [0.25, 0.3) is 0 Å². The number of carbonyl (C=O) groups excluding carboxylic acids is 1. The number of hydrogen-bond donors (Lipinski definition) is 1. The highest BCUT2D eigenvalue weighted by Crippen LogP contribution is 2.20. The first-order chi connectivity index (χ1) is 9.40. The summed E-state index contributed by atoms with van der Waals surface area (Å²) in [5.74, 6) is 0.488. The maximum absolute atomic E-state index is 12.7. The van der Waals surface area contributed by atoms with Gasteiger partial charge in [-0.2, -0.15) is 0 Å². The normalized spacial score (nSPS) is 13.0. The standard InChI is InChI=1S/C15H27N3OS/c1-6-12(7-2)18(8-10(3)4)15(19)13-9-20-14(17-13)11(5)16/h9-12H,6-8,16H2,1-5H3. The number of nitrogens with zero attached hydrogens (tertiary/aromatic N) is 2. The lowest BCUT2D eigenvalue weighted by Gasteiger charge is -2.31. The predicted octanol–water partition coefficient (Wildman–Crippen LogP) is 3.45. The Morgan fingerprint density at radius 1 is 1.35 bits per heavy atom. The summed E-state index contributed by atoms with van der Waals surface area (Å²) >= 11 is 1.47. The van der Waals surface area contributed by atoms with E-state index in [4.69, 9.17) is 5.73 Å². The monoisotopic (exact) mass is 297 g/mol. The zero-order valence-corrected chi connectivity index (χ0v) is 14.0. The highest BCUT2D eigenvalue weighted by atomic mass is 32.1. The number of carbonyl (C=O) groups is 1. The molecule has 0 aliphatic carbocycles. The molecule has 20 heavy (non-hydrogen) atoms. The molecular formula is C15H27N3OS. The first kappa shape index (κ1) is 17.1. The van der Waals surface area contributed by atoms with Crippen LogP contribution in [0.1, 0.15) is 69.0 Å². The largest absolute Gasteiger partial charge is 0.334 e. The van der Waals surface area contributed by atoms with Gasteiger partial charge in [-0.15, -0.1) is 11.3 Å². The van der Waals surface area contributed by atoms with Crippen molar-refractivity contribution in [1.29, 1.82) is 0 Å². The van der Waals surface area contributed by atoms with Crippen LogP contribution in [0, 0.1) is 5.92 Å². The Bertz CT molecular complexity index is 425. The molecule has 0 fully saturated rings. The van der Waals surface area contributed by atoms with Gasteiger partial charge >= 0.3 is 0 Å². The number of thiazole rings is 1. The Balaban J connectivity index is 2.96. The summed E-state index contributed by atoms with van der Waals surface area (Å²) < 4.78 is 0. The van der Waals surface area contributed by atoms with Crippen molar-refractivity contribution >= 4 is 17.2 Å². The zero-order valence-electron chi connectivity index (χ0n) is 13.2.